The van der Waals surface area contributed by atoms with Crippen LogP contribution in [0.5, 0.6) is 0 Å². The maximum atomic E-state index is 12.6. The first-order valence-corrected chi connectivity index (χ1v) is 9.65. The van der Waals surface area contributed by atoms with Gasteiger partial charge in [0, 0.05) is 37.4 Å². The molecule has 3 heterocycles. The van der Waals surface area contributed by atoms with Crippen molar-refractivity contribution in [1.82, 2.24) is 15.0 Å². The Morgan fingerprint density at radius 2 is 1.67 bits per heavy atom. The molecule has 1 saturated heterocycles. The zero-order valence-corrected chi connectivity index (χ0v) is 16.4. The topological polar surface area (TPSA) is 129 Å². The Hall–Kier alpha value is -3.65. The van der Waals surface area contributed by atoms with Gasteiger partial charge >= 0.3 is 0 Å². The maximum Gasteiger partial charge on any atom is 0.297 e. The van der Waals surface area contributed by atoms with Crippen molar-refractivity contribution >= 4 is 17.7 Å². The molecule has 0 aliphatic carbocycles. The Morgan fingerprint density at radius 3 is 2.30 bits per heavy atom. The number of carbonyl (C=O) groups excluding carboxylic acids is 1. The van der Waals surface area contributed by atoms with Crippen molar-refractivity contribution in [3.63, 3.8) is 0 Å². The van der Waals surface area contributed by atoms with Crippen LogP contribution in [0.25, 0.3) is 11.1 Å². The summed E-state index contributed by atoms with van der Waals surface area (Å²) >= 11 is 0. The Bertz CT molecular complexity index is 1040. The van der Waals surface area contributed by atoms with Gasteiger partial charge in [0.2, 0.25) is 5.95 Å². The van der Waals surface area contributed by atoms with E-state index in [9.17, 15) is 4.79 Å². The predicted octanol–water partition coefficient (Wildman–Crippen LogP) is 2.37. The molecular weight excluding hydrogens is 380 g/mol. The van der Waals surface area contributed by atoms with Crippen LogP contribution in [0.15, 0.2) is 66.0 Å². The SMILES string of the molecule is NC(=NC(=O)c1ccccn1)C1(c2ccc(-c3cnc(N)nc3)cc2)CCOCC1. The van der Waals surface area contributed by atoms with Crippen LogP contribution in [-0.4, -0.2) is 39.9 Å². The third kappa shape index (κ3) is 3.90. The molecule has 1 aliphatic heterocycles. The number of ether oxygens (including phenoxy) is 1. The Labute approximate surface area is 174 Å². The molecule has 30 heavy (non-hydrogen) atoms. The summed E-state index contributed by atoms with van der Waals surface area (Å²) in [4.78, 5) is 28.9. The van der Waals surface area contributed by atoms with Crippen molar-refractivity contribution < 1.29 is 9.53 Å². The number of anilines is 1. The second-order valence-electron chi connectivity index (χ2n) is 7.12. The van der Waals surface area contributed by atoms with Gasteiger partial charge in [-0.2, -0.15) is 4.99 Å². The van der Waals surface area contributed by atoms with E-state index in [1.807, 2.05) is 24.3 Å². The van der Waals surface area contributed by atoms with E-state index in [2.05, 4.69) is 19.9 Å². The van der Waals surface area contributed by atoms with Gasteiger partial charge in [-0.25, -0.2) is 9.97 Å². The molecular formula is C22H22N6O2. The number of aliphatic imine (C=N–C) groups is 1. The van der Waals surface area contributed by atoms with Crippen molar-refractivity contribution in [3.8, 4) is 11.1 Å². The normalized spacial score (nSPS) is 16.2. The second kappa shape index (κ2) is 8.38. The summed E-state index contributed by atoms with van der Waals surface area (Å²) in [5.41, 5.74) is 14.5. The van der Waals surface area contributed by atoms with Gasteiger partial charge in [-0.3, -0.25) is 9.78 Å². The molecule has 0 atom stereocenters. The van der Waals surface area contributed by atoms with E-state index in [1.54, 1.807) is 36.8 Å². The van der Waals surface area contributed by atoms with Crippen molar-refractivity contribution in [1.29, 1.82) is 0 Å². The fourth-order valence-corrected chi connectivity index (χ4v) is 3.64. The highest BCUT2D eigenvalue weighted by Gasteiger charge is 2.39. The molecule has 152 valence electrons. The van der Waals surface area contributed by atoms with Gasteiger partial charge in [-0.05, 0) is 36.1 Å². The van der Waals surface area contributed by atoms with E-state index in [-0.39, 0.29) is 17.5 Å². The number of nitrogens with two attached hydrogens (primary N) is 2. The molecule has 2 aromatic heterocycles. The molecule has 8 nitrogen and oxygen atoms in total. The van der Waals surface area contributed by atoms with Crippen LogP contribution in [0.3, 0.4) is 0 Å². The third-order valence-corrected chi connectivity index (χ3v) is 5.39. The minimum Gasteiger partial charge on any atom is -0.386 e. The molecule has 1 amide bonds. The quantitative estimate of drug-likeness (QED) is 0.506. The predicted molar refractivity (Wildman–Crippen MR) is 114 cm³/mol. The maximum absolute atomic E-state index is 12.6. The first-order chi connectivity index (χ1) is 14.6. The fourth-order valence-electron chi connectivity index (χ4n) is 3.64. The lowest BCUT2D eigenvalue weighted by molar-refractivity contribution is 0.0701. The first-order valence-electron chi connectivity index (χ1n) is 9.65. The van der Waals surface area contributed by atoms with Crippen LogP contribution in [0, 0.1) is 0 Å². The summed E-state index contributed by atoms with van der Waals surface area (Å²) in [6.07, 6.45) is 6.21. The van der Waals surface area contributed by atoms with Gasteiger partial charge in [0.15, 0.2) is 0 Å². The molecule has 0 saturated carbocycles. The highest BCUT2D eigenvalue weighted by molar-refractivity contribution is 6.05. The molecule has 1 aliphatic rings. The van der Waals surface area contributed by atoms with Crippen molar-refractivity contribution in [2.75, 3.05) is 18.9 Å². The second-order valence-corrected chi connectivity index (χ2v) is 7.12. The lowest BCUT2D eigenvalue weighted by Gasteiger charge is -2.37. The number of benzene rings is 1. The summed E-state index contributed by atoms with van der Waals surface area (Å²) in [5, 5.41) is 0. The van der Waals surface area contributed by atoms with Crippen LogP contribution in [0.1, 0.15) is 28.9 Å². The zero-order chi connectivity index (χ0) is 21.0. The molecule has 3 aromatic rings. The van der Waals surface area contributed by atoms with Gasteiger partial charge in [-0.15, -0.1) is 0 Å². The molecule has 8 heteroatoms. The molecule has 1 aromatic carbocycles. The number of nitrogen functional groups attached to an aromatic ring is 1. The Balaban J connectivity index is 1.67. The average Bonchev–Trinajstić information content (AvgIpc) is 2.80. The van der Waals surface area contributed by atoms with E-state index >= 15 is 0 Å². The molecule has 0 radical (unpaired) electrons. The van der Waals surface area contributed by atoms with Gasteiger partial charge in [0.25, 0.3) is 5.91 Å². The summed E-state index contributed by atoms with van der Waals surface area (Å²) in [5.74, 6) is 0.0673. The highest BCUT2D eigenvalue weighted by atomic mass is 16.5. The average molecular weight is 402 g/mol. The van der Waals surface area contributed by atoms with Gasteiger partial charge in [0.05, 0.1) is 5.41 Å². The Morgan fingerprint density at radius 1 is 0.967 bits per heavy atom. The summed E-state index contributed by atoms with van der Waals surface area (Å²) in [7, 11) is 0. The summed E-state index contributed by atoms with van der Waals surface area (Å²) in [6.45, 7) is 1.09. The molecule has 1 fully saturated rings. The number of carbonyl (C=O) groups is 1. The lowest BCUT2D eigenvalue weighted by atomic mass is 9.73. The van der Waals surface area contributed by atoms with E-state index in [4.69, 9.17) is 16.2 Å². The van der Waals surface area contributed by atoms with Gasteiger partial charge < -0.3 is 16.2 Å². The number of amides is 1. The van der Waals surface area contributed by atoms with E-state index in [0.717, 1.165) is 16.7 Å². The molecule has 0 spiro atoms. The number of amidine groups is 1. The van der Waals surface area contributed by atoms with Crippen LogP contribution < -0.4 is 11.5 Å². The third-order valence-electron chi connectivity index (χ3n) is 5.39. The van der Waals surface area contributed by atoms with E-state index in [0.29, 0.717) is 26.1 Å². The minimum atomic E-state index is -0.571. The standard InChI is InChI=1S/C22H22N6O2/c23-20(28-19(29)18-3-1-2-10-25-18)22(8-11-30-12-9-22)17-6-4-15(5-7-17)16-13-26-21(24)27-14-16/h1-7,10,13-14H,8-9,11-12H2,(H2,23,28,29)(H2,24,26,27). The van der Waals surface area contributed by atoms with Gasteiger partial charge in [-0.1, -0.05) is 30.3 Å². The highest BCUT2D eigenvalue weighted by Crippen LogP contribution is 2.36. The summed E-state index contributed by atoms with van der Waals surface area (Å²) < 4.78 is 5.55. The minimum absolute atomic E-state index is 0.234. The lowest BCUT2D eigenvalue weighted by Crippen LogP contribution is -2.46. The number of pyridine rings is 1. The van der Waals surface area contributed by atoms with Crippen molar-refractivity contribution in [2.24, 2.45) is 10.7 Å². The zero-order valence-electron chi connectivity index (χ0n) is 16.4. The van der Waals surface area contributed by atoms with Crippen LogP contribution in [0.2, 0.25) is 0 Å². The molecule has 4 N–H and O–H groups in total. The van der Waals surface area contributed by atoms with Crippen LogP contribution in [0.4, 0.5) is 5.95 Å². The van der Waals surface area contributed by atoms with Crippen molar-refractivity contribution in [2.45, 2.75) is 18.3 Å². The number of hydrogen-bond donors (Lipinski definition) is 2. The largest absolute Gasteiger partial charge is 0.386 e. The van der Waals surface area contributed by atoms with Crippen LogP contribution in [-0.2, 0) is 10.2 Å². The van der Waals surface area contributed by atoms with Crippen molar-refractivity contribution in [3.05, 3.63) is 72.3 Å². The summed E-state index contributed by atoms with van der Waals surface area (Å²) in [6, 6.07) is 13.1. The van der Waals surface area contributed by atoms with Gasteiger partial charge in [0.1, 0.15) is 11.5 Å². The number of nitrogens with zero attached hydrogens (tertiary/aromatic N) is 4. The molecule has 4 rings (SSSR count). The monoisotopic (exact) mass is 402 g/mol. The number of aromatic nitrogens is 3. The van der Waals surface area contributed by atoms with E-state index in [1.165, 1.54) is 0 Å². The fraction of sp³-hybridized carbons (Fsp3) is 0.227. The Kier molecular flexibility index (Phi) is 5.49. The molecule has 0 bridgehead atoms. The number of rotatable bonds is 4. The number of hydrogen-bond acceptors (Lipinski definition) is 6. The van der Waals surface area contributed by atoms with E-state index < -0.39 is 11.3 Å². The molecule has 0 unspecified atom stereocenters. The smallest absolute Gasteiger partial charge is 0.297 e. The van der Waals surface area contributed by atoms with Crippen LogP contribution >= 0.6 is 0 Å². The first kappa shape index (κ1) is 19.7.